The van der Waals surface area contributed by atoms with Crippen LogP contribution in [0.2, 0.25) is 0 Å². The van der Waals surface area contributed by atoms with Crippen molar-refractivity contribution in [3.8, 4) is 0 Å². The molecule has 0 saturated heterocycles. The number of rotatable bonds is 4. The van der Waals surface area contributed by atoms with E-state index in [1.165, 1.54) is 22.3 Å². The lowest BCUT2D eigenvalue weighted by Gasteiger charge is -2.15. The fourth-order valence-corrected chi connectivity index (χ4v) is 4.39. The molecule has 0 fully saturated rings. The zero-order chi connectivity index (χ0) is 17.5. The van der Waals surface area contributed by atoms with Crippen molar-refractivity contribution in [1.82, 2.24) is 0 Å². The van der Waals surface area contributed by atoms with Gasteiger partial charge in [0, 0.05) is 11.1 Å². The standard InChI is InChI=1S/C25H20O/c26-25-23(19-13-5-6-14-19)21(17-9-1-2-10-17)22(18-11-3-4-12-18)24(25)20-15-7-8-16-20/h1-9,11,13,15H,10,12,14,16H2. The monoisotopic (exact) mass is 336 g/mol. The van der Waals surface area contributed by atoms with Gasteiger partial charge in [-0.3, -0.25) is 4.79 Å². The lowest BCUT2D eigenvalue weighted by atomic mass is 9.87. The molecule has 0 bridgehead atoms. The second-order valence-electron chi connectivity index (χ2n) is 7.13. The van der Waals surface area contributed by atoms with Crippen molar-refractivity contribution in [2.24, 2.45) is 0 Å². The van der Waals surface area contributed by atoms with Gasteiger partial charge in [0.1, 0.15) is 0 Å². The van der Waals surface area contributed by atoms with E-state index in [0.717, 1.165) is 48.0 Å². The highest BCUT2D eigenvalue weighted by Crippen LogP contribution is 2.48. The van der Waals surface area contributed by atoms with E-state index in [4.69, 9.17) is 0 Å². The van der Waals surface area contributed by atoms with Crippen LogP contribution >= 0.6 is 0 Å². The molecule has 1 nitrogen and oxygen atoms in total. The summed E-state index contributed by atoms with van der Waals surface area (Å²) in [5.41, 5.74) is 9.05. The number of hydrogen-bond acceptors (Lipinski definition) is 1. The summed E-state index contributed by atoms with van der Waals surface area (Å²) in [6, 6.07) is 0. The minimum absolute atomic E-state index is 0.209. The Hall–Kier alpha value is -2.93. The van der Waals surface area contributed by atoms with Crippen LogP contribution in [0.25, 0.3) is 0 Å². The molecule has 1 heteroatoms. The molecule has 0 heterocycles. The summed E-state index contributed by atoms with van der Waals surface area (Å²) in [7, 11) is 0. The van der Waals surface area contributed by atoms with Crippen molar-refractivity contribution in [1.29, 1.82) is 0 Å². The molecule has 5 rings (SSSR count). The largest absolute Gasteiger partial charge is 0.289 e. The number of carbonyl (C=O) groups is 1. The molecular formula is C25H20O. The lowest BCUT2D eigenvalue weighted by Crippen LogP contribution is -2.06. The van der Waals surface area contributed by atoms with E-state index in [0.29, 0.717) is 0 Å². The van der Waals surface area contributed by atoms with Crippen molar-refractivity contribution >= 4 is 5.78 Å². The summed E-state index contributed by atoms with van der Waals surface area (Å²) in [4.78, 5) is 13.7. The zero-order valence-electron chi connectivity index (χ0n) is 14.7. The molecule has 0 unspecified atom stereocenters. The van der Waals surface area contributed by atoms with Gasteiger partial charge in [-0.05, 0) is 59.1 Å². The van der Waals surface area contributed by atoms with Gasteiger partial charge in [-0.1, -0.05) is 72.9 Å². The fourth-order valence-electron chi connectivity index (χ4n) is 4.39. The third-order valence-corrected chi connectivity index (χ3v) is 5.57. The number of allylic oxidation sites excluding steroid dienone is 20. The maximum Gasteiger partial charge on any atom is 0.194 e. The molecular weight excluding hydrogens is 316 g/mol. The molecule has 5 aliphatic rings. The Morgan fingerprint density at radius 2 is 0.769 bits per heavy atom. The second kappa shape index (κ2) is 6.10. The normalized spacial score (nSPS) is 23.6. The third kappa shape index (κ3) is 2.28. The summed E-state index contributed by atoms with van der Waals surface area (Å²) >= 11 is 0. The van der Waals surface area contributed by atoms with Crippen molar-refractivity contribution < 1.29 is 4.79 Å². The zero-order valence-corrected chi connectivity index (χ0v) is 14.7. The fraction of sp³-hybridized carbons (Fsp3) is 0.160. The molecule has 0 amide bonds. The van der Waals surface area contributed by atoms with Crippen molar-refractivity contribution in [2.75, 3.05) is 0 Å². The number of Topliss-reactive ketones (excluding diaryl/α,β-unsaturated/α-hetero) is 1. The topological polar surface area (TPSA) is 17.1 Å². The summed E-state index contributed by atoms with van der Waals surface area (Å²) in [6.07, 6.45) is 29.1. The maximum atomic E-state index is 13.7. The SMILES string of the molecule is O=C1C(C2=CC=CC2)=C(C2=CC=CC2)C(C2=CC=CC2)=C1C1=CC=CC1. The number of carbonyl (C=O) groups excluding carboxylic acids is 1. The summed E-state index contributed by atoms with van der Waals surface area (Å²) < 4.78 is 0. The van der Waals surface area contributed by atoms with Gasteiger partial charge in [-0.15, -0.1) is 0 Å². The Labute approximate surface area is 154 Å². The molecule has 0 saturated carbocycles. The van der Waals surface area contributed by atoms with Crippen LogP contribution in [0.15, 0.2) is 117 Å². The first-order valence-corrected chi connectivity index (χ1v) is 9.32. The average molecular weight is 336 g/mol. The Morgan fingerprint density at radius 1 is 0.462 bits per heavy atom. The van der Waals surface area contributed by atoms with Crippen LogP contribution in [0.4, 0.5) is 0 Å². The highest BCUT2D eigenvalue weighted by Gasteiger charge is 2.38. The Balaban J connectivity index is 1.74. The smallest absolute Gasteiger partial charge is 0.194 e. The van der Waals surface area contributed by atoms with Gasteiger partial charge in [0.2, 0.25) is 0 Å². The molecule has 0 aromatic rings. The van der Waals surface area contributed by atoms with Gasteiger partial charge in [0.15, 0.2) is 5.78 Å². The van der Waals surface area contributed by atoms with E-state index in [1.54, 1.807) is 0 Å². The molecule has 0 atom stereocenters. The van der Waals surface area contributed by atoms with E-state index in [-0.39, 0.29) is 5.78 Å². The Morgan fingerprint density at radius 3 is 1.04 bits per heavy atom. The first-order chi connectivity index (χ1) is 12.8. The molecule has 0 aromatic heterocycles. The van der Waals surface area contributed by atoms with Gasteiger partial charge >= 0.3 is 0 Å². The number of hydrogen-bond donors (Lipinski definition) is 0. The molecule has 26 heavy (non-hydrogen) atoms. The number of ketones is 1. The van der Waals surface area contributed by atoms with Crippen molar-refractivity contribution in [2.45, 2.75) is 25.7 Å². The van der Waals surface area contributed by atoms with E-state index in [1.807, 2.05) is 0 Å². The summed E-state index contributed by atoms with van der Waals surface area (Å²) in [5, 5.41) is 0. The van der Waals surface area contributed by atoms with Gasteiger partial charge < -0.3 is 0 Å². The second-order valence-corrected chi connectivity index (χ2v) is 7.13. The van der Waals surface area contributed by atoms with Gasteiger partial charge in [0.05, 0.1) is 0 Å². The average Bonchev–Trinajstić information content (AvgIpc) is 3.44. The van der Waals surface area contributed by atoms with Crippen molar-refractivity contribution in [3.63, 3.8) is 0 Å². The molecule has 0 aliphatic heterocycles. The first kappa shape index (κ1) is 15.3. The molecule has 0 spiro atoms. The molecule has 0 aromatic carbocycles. The summed E-state index contributed by atoms with van der Waals surface area (Å²) in [6.45, 7) is 0. The third-order valence-electron chi connectivity index (χ3n) is 5.57. The van der Waals surface area contributed by atoms with Crippen LogP contribution in [0, 0.1) is 0 Å². The van der Waals surface area contributed by atoms with Crippen LogP contribution in [0.3, 0.4) is 0 Å². The minimum atomic E-state index is 0.209. The van der Waals surface area contributed by atoms with E-state index in [9.17, 15) is 4.79 Å². The Kier molecular flexibility index (Phi) is 3.60. The highest BCUT2D eigenvalue weighted by atomic mass is 16.1. The van der Waals surface area contributed by atoms with Gasteiger partial charge in [-0.25, -0.2) is 0 Å². The molecule has 0 radical (unpaired) electrons. The maximum absolute atomic E-state index is 13.7. The molecule has 5 aliphatic carbocycles. The van der Waals surface area contributed by atoms with E-state index >= 15 is 0 Å². The highest BCUT2D eigenvalue weighted by molar-refractivity contribution is 6.20. The molecule has 126 valence electrons. The lowest BCUT2D eigenvalue weighted by molar-refractivity contribution is -0.111. The Bertz CT molecular complexity index is 938. The first-order valence-electron chi connectivity index (χ1n) is 9.32. The van der Waals surface area contributed by atoms with Crippen LogP contribution in [0.1, 0.15) is 25.7 Å². The van der Waals surface area contributed by atoms with Gasteiger partial charge in [0.25, 0.3) is 0 Å². The predicted octanol–water partition coefficient (Wildman–Crippen LogP) is 5.71. The van der Waals surface area contributed by atoms with Crippen LogP contribution in [0.5, 0.6) is 0 Å². The van der Waals surface area contributed by atoms with Gasteiger partial charge in [-0.2, -0.15) is 0 Å². The van der Waals surface area contributed by atoms with E-state index < -0.39 is 0 Å². The van der Waals surface area contributed by atoms with Crippen LogP contribution in [-0.2, 0) is 4.79 Å². The minimum Gasteiger partial charge on any atom is -0.289 e. The van der Waals surface area contributed by atoms with Crippen LogP contribution in [-0.4, -0.2) is 5.78 Å². The van der Waals surface area contributed by atoms with E-state index in [2.05, 4.69) is 72.9 Å². The quantitative estimate of drug-likeness (QED) is 0.643. The predicted molar refractivity (Wildman–Crippen MR) is 106 cm³/mol. The van der Waals surface area contributed by atoms with Crippen molar-refractivity contribution in [3.05, 3.63) is 117 Å². The van der Waals surface area contributed by atoms with Crippen LogP contribution < -0.4 is 0 Å². The summed E-state index contributed by atoms with van der Waals surface area (Å²) in [5.74, 6) is 0.209. The molecule has 0 N–H and O–H groups in total.